The van der Waals surface area contributed by atoms with Crippen LogP contribution >= 0.6 is 0 Å². The van der Waals surface area contributed by atoms with E-state index in [-0.39, 0.29) is 5.82 Å². The molecular weight excluding hydrogens is 525 g/mol. The highest BCUT2D eigenvalue weighted by atomic mass is 19.1. The van der Waals surface area contributed by atoms with E-state index in [0.717, 1.165) is 51.4 Å². The number of benzene rings is 2. The SMILES string of the molecule is Cc1ccc(NC(=O)Nc2ccc(Oc3ncccc3-c3ccnc(NCCCN4CCOCC4)n3)cc2)cc1F. The fraction of sp³-hybridized carbons (Fsp3) is 0.267. The predicted octanol–water partition coefficient (Wildman–Crippen LogP) is 5.56. The van der Waals surface area contributed by atoms with Gasteiger partial charge in [0.25, 0.3) is 0 Å². The minimum Gasteiger partial charge on any atom is -0.438 e. The third kappa shape index (κ3) is 7.96. The van der Waals surface area contributed by atoms with Gasteiger partial charge in [-0.25, -0.2) is 24.1 Å². The lowest BCUT2D eigenvalue weighted by Crippen LogP contribution is -2.37. The minimum atomic E-state index is -0.483. The molecule has 212 valence electrons. The summed E-state index contributed by atoms with van der Waals surface area (Å²) in [5.41, 5.74) is 2.82. The smallest absolute Gasteiger partial charge is 0.323 e. The second-order valence-corrected chi connectivity index (χ2v) is 9.53. The average Bonchev–Trinajstić information content (AvgIpc) is 2.99. The van der Waals surface area contributed by atoms with Crippen molar-refractivity contribution in [2.45, 2.75) is 13.3 Å². The lowest BCUT2D eigenvalue weighted by molar-refractivity contribution is 0.0378. The maximum Gasteiger partial charge on any atom is 0.323 e. The van der Waals surface area contributed by atoms with Crippen molar-refractivity contribution in [1.82, 2.24) is 19.9 Å². The Labute approximate surface area is 238 Å². The van der Waals surface area contributed by atoms with Crippen molar-refractivity contribution in [2.75, 3.05) is 55.3 Å². The van der Waals surface area contributed by atoms with Crippen LogP contribution in [-0.4, -0.2) is 65.3 Å². The molecule has 10 nitrogen and oxygen atoms in total. The fourth-order valence-electron chi connectivity index (χ4n) is 4.27. The first-order valence-electron chi connectivity index (χ1n) is 13.5. The molecular formula is C30H32FN7O3. The number of halogens is 1. The van der Waals surface area contributed by atoms with Gasteiger partial charge in [0.2, 0.25) is 11.8 Å². The summed E-state index contributed by atoms with van der Waals surface area (Å²) in [5, 5.41) is 8.65. The van der Waals surface area contributed by atoms with Crippen LogP contribution in [0.1, 0.15) is 12.0 Å². The van der Waals surface area contributed by atoms with E-state index in [4.69, 9.17) is 9.47 Å². The molecule has 2 aromatic heterocycles. The average molecular weight is 558 g/mol. The van der Waals surface area contributed by atoms with Crippen LogP contribution in [-0.2, 0) is 4.74 Å². The van der Waals surface area contributed by atoms with E-state index in [1.807, 2.05) is 18.2 Å². The first kappa shape index (κ1) is 27.9. The van der Waals surface area contributed by atoms with Gasteiger partial charge in [0, 0.05) is 43.4 Å². The van der Waals surface area contributed by atoms with Crippen molar-refractivity contribution >= 4 is 23.4 Å². The van der Waals surface area contributed by atoms with Gasteiger partial charge in [-0.1, -0.05) is 6.07 Å². The van der Waals surface area contributed by atoms with Gasteiger partial charge in [0.1, 0.15) is 11.6 Å². The van der Waals surface area contributed by atoms with Crippen LogP contribution in [0.2, 0.25) is 0 Å². The van der Waals surface area contributed by atoms with Gasteiger partial charge in [-0.2, -0.15) is 0 Å². The molecule has 0 atom stereocenters. The Morgan fingerprint density at radius 3 is 2.59 bits per heavy atom. The normalized spacial score (nSPS) is 13.4. The second kappa shape index (κ2) is 13.6. The van der Waals surface area contributed by atoms with Crippen molar-refractivity contribution < 1.29 is 18.7 Å². The summed E-state index contributed by atoms with van der Waals surface area (Å²) in [6.45, 7) is 6.96. The van der Waals surface area contributed by atoms with Crippen molar-refractivity contribution in [3.63, 3.8) is 0 Å². The zero-order valence-electron chi connectivity index (χ0n) is 22.8. The van der Waals surface area contributed by atoms with Crippen LogP contribution in [0, 0.1) is 12.7 Å². The third-order valence-electron chi connectivity index (χ3n) is 6.50. The summed E-state index contributed by atoms with van der Waals surface area (Å²) in [4.78, 5) is 28.2. The Morgan fingerprint density at radius 1 is 1.00 bits per heavy atom. The Morgan fingerprint density at radius 2 is 1.78 bits per heavy atom. The number of aromatic nitrogens is 3. The summed E-state index contributed by atoms with van der Waals surface area (Å²) >= 11 is 0. The molecule has 0 radical (unpaired) electrons. The van der Waals surface area contributed by atoms with Crippen molar-refractivity contribution in [1.29, 1.82) is 0 Å². The van der Waals surface area contributed by atoms with Crippen LogP contribution in [0.5, 0.6) is 11.6 Å². The maximum atomic E-state index is 13.8. The van der Waals surface area contributed by atoms with E-state index in [0.29, 0.717) is 40.2 Å². The van der Waals surface area contributed by atoms with E-state index < -0.39 is 6.03 Å². The Kier molecular flexibility index (Phi) is 9.30. The fourth-order valence-corrected chi connectivity index (χ4v) is 4.27. The molecule has 11 heteroatoms. The molecule has 1 saturated heterocycles. The highest BCUT2D eigenvalue weighted by Crippen LogP contribution is 2.31. The Bertz CT molecular complexity index is 1460. The maximum absolute atomic E-state index is 13.8. The Hall–Kier alpha value is -4.61. The molecule has 0 bridgehead atoms. The summed E-state index contributed by atoms with van der Waals surface area (Å²) in [5.74, 6) is 1.09. The Balaban J connectivity index is 1.17. The number of aryl methyl sites for hydroxylation is 1. The van der Waals surface area contributed by atoms with Gasteiger partial charge in [-0.05, 0) is 80.1 Å². The van der Waals surface area contributed by atoms with Crippen LogP contribution in [0.25, 0.3) is 11.3 Å². The lowest BCUT2D eigenvalue weighted by atomic mass is 10.2. The summed E-state index contributed by atoms with van der Waals surface area (Å²) in [6, 6.07) is 16.4. The molecule has 0 spiro atoms. The van der Waals surface area contributed by atoms with E-state index in [9.17, 15) is 9.18 Å². The number of hydrogen-bond donors (Lipinski definition) is 3. The highest BCUT2D eigenvalue weighted by molar-refractivity contribution is 5.99. The number of hydrogen-bond acceptors (Lipinski definition) is 8. The van der Waals surface area contributed by atoms with Gasteiger partial charge in [-0.3, -0.25) is 4.90 Å². The van der Waals surface area contributed by atoms with Crippen LogP contribution in [0.15, 0.2) is 73.1 Å². The monoisotopic (exact) mass is 557 g/mol. The molecule has 3 heterocycles. The zero-order valence-corrected chi connectivity index (χ0v) is 22.8. The number of pyridine rings is 1. The number of nitrogens with one attached hydrogen (secondary N) is 3. The molecule has 0 saturated carbocycles. The molecule has 1 fully saturated rings. The van der Waals surface area contributed by atoms with Crippen LogP contribution < -0.4 is 20.7 Å². The summed E-state index contributed by atoms with van der Waals surface area (Å²) in [7, 11) is 0. The van der Waals surface area contributed by atoms with Gasteiger partial charge >= 0.3 is 6.03 Å². The van der Waals surface area contributed by atoms with Crippen molar-refractivity contribution in [3.05, 3.63) is 84.4 Å². The first-order valence-corrected chi connectivity index (χ1v) is 13.5. The number of carbonyl (C=O) groups is 1. The molecule has 4 aromatic rings. The number of urea groups is 1. The quantitative estimate of drug-likeness (QED) is 0.217. The molecule has 1 aliphatic rings. The van der Waals surface area contributed by atoms with Crippen molar-refractivity contribution in [3.8, 4) is 22.9 Å². The van der Waals surface area contributed by atoms with E-state index in [1.165, 1.54) is 6.07 Å². The molecule has 41 heavy (non-hydrogen) atoms. The van der Waals surface area contributed by atoms with Gasteiger partial charge < -0.3 is 25.4 Å². The van der Waals surface area contributed by atoms with Crippen molar-refractivity contribution in [2.24, 2.45) is 0 Å². The molecule has 2 amide bonds. The zero-order chi connectivity index (χ0) is 28.4. The number of ether oxygens (including phenoxy) is 2. The molecule has 0 unspecified atom stereocenters. The number of carbonyl (C=O) groups excluding carboxylic acids is 1. The lowest BCUT2D eigenvalue weighted by Gasteiger charge is -2.26. The van der Waals surface area contributed by atoms with Crippen LogP contribution in [0.3, 0.4) is 0 Å². The van der Waals surface area contributed by atoms with Gasteiger partial charge in [-0.15, -0.1) is 0 Å². The summed E-state index contributed by atoms with van der Waals surface area (Å²) in [6.07, 6.45) is 4.34. The van der Waals surface area contributed by atoms with Gasteiger partial charge in [0.15, 0.2) is 0 Å². The molecule has 2 aromatic carbocycles. The number of rotatable bonds is 10. The van der Waals surface area contributed by atoms with E-state index in [1.54, 1.807) is 55.7 Å². The molecule has 1 aliphatic heterocycles. The number of amides is 2. The standard InChI is InChI=1S/C30H32FN7O3/c1-21-5-6-23(20-26(21)31)36-30(39)35-22-7-9-24(10-8-22)41-28-25(4-2-12-32-28)27-11-14-34-29(37-27)33-13-3-15-38-16-18-40-19-17-38/h2,4-12,14,20H,3,13,15-19H2,1H3,(H,33,34,37)(H2,35,36,39). The van der Waals surface area contributed by atoms with Gasteiger partial charge in [0.05, 0.1) is 24.5 Å². The molecule has 5 rings (SSSR count). The van der Waals surface area contributed by atoms with Crippen LogP contribution in [0.4, 0.5) is 26.5 Å². The third-order valence-corrected chi connectivity index (χ3v) is 6.50. The molecule has 0 aliphatic carbocycles. The first-order chi connectivity index (χ1) is 20.0. The predicted molar refractivity (Wildman–Crippen MR) is 156 cm³/mol. The number of nitrogens with zero attached hydrogens (tertiary/aromatic N) is 4. The summed E-state index contributed by atoms with van der Waals surface area (Å²) < 4.78 is 25.2. The van der Waals surface area contributed by atoms with E-state index in [2.05, 4.69) is 35.8 Å². The topological polar surface area (TPSA) is 114 Å². The largest absolute Gasteiger partial charge is 0.438 e. The number of morpholine rings is 1. The van der Waals surface area contributed by atoms with E-state index >= 15 is 0 Å². The minimum absolute atomic E-state index is 0.365. The highest BCUT2D eigenvalue weighted by Gasteiger charge is 2.13. The second-order valence-electron chi connectivity index (χ2n) is 9.53. The molecule has 3 N–H and O–H groups in total. The number of anilines is 3.